The summed E-state index contributed by atoms with van der Waals surface area (Å²) in [6, 6.07) is 0. The maximum atomic E-state index is 12.2. The highest BCUT2D eigenvalue weighted by molar-refractivity contribution is 5.87. The van der Waals surface area contributed by atoms with E-state index < -0.39 is 17.4 Å². The SMILES string of the molecule is CCCC1(C(=O)NCC(CC)C(=O)O)CCCN1. The van der Waals surface area contributed by atoms with Crippen LogP contribution in [0.3, 0.4) is 0 Å². The number of carboxylic acid groups (broad SMARTS) is 1. The van der Waals surface area contributed by atoms with Crippen molar-refractivity contribution in [3.05, 3.63) is 0 Å². The zero-order valence-electron chi connectivity index (χ0n) is 11.3. The highest BCUT2D eigenvalue weighted by Gasteiger charge is 2.39. The van der Waals surface area contributed by atoms with Gasteiger partial charge in [0.05, 0.1) is 11.5 Å². The van der Waals surface area contributed by atoms with E-state index in [1.54, 1.807) is 0 Å². The van der Waals surface area contributed by atoms with Crippen molar-refractivity contribution >= 4 is 11.9 Å². The summed E-state index contributed by atoms with van der Waals surface area (Å²) in [5, 5.41) is 15.0. The summed E-state index contributed by atoms with van der Waals surface area (Å²) >= 11 is 0. The van der Waals surface area contributed by atoms with Crippen LogP contribution in [0.1, 0.15) is 46.0 Å². The Bertz CT molecular complexity index is 299. The van der Waals surface area contributed by atoms with Crippen molar-refractivity contribution in [2.75, 3.05) is 13.1 Å². The summed E-state index contributed by atoms with van der Waals surface area (Å²) in [6.45, 7) is 4.96. The second-order valence-corrected chi connectivity index (χ2v) is 5.02. The number of amides is 1. The molecule has 1 amide bonds. The van der Waals surface area contributed by atoms with Crippen molar-refractivity contribution < 1.29 is 14.7 Å². The summed E-state index contributed by atoms with van der Waals surface area (Å²) in [7, 11) is 0. The molecule has 1 aliphatic heterocycles. The molecule has 5 heteroatoms. The Balaban J connectivity index is 2.54. The van der Waals surface area contributed by atoms with Crippen LogP contribution >= 0.6 is 0 Å². The Morgan fingerprint density at radius 2 is 2.17 bits per heavy atom. The topological polar surface area (TPSA) is 78.4 Å². The maximum absolute atomic E-state index is 12.2. The third-order valence-corrected chi connectivity index (χ3v) is 3.71. The summed E-state index contributed by atoms with van der Waals surface area (Å²) in [6.07, 6.45) is 4.13. The lowest BCUT2D eigenvalue weighted by molar-refractivity contribution is -0.141. The van der Waals surface area contributed by atoms with Gasteiger partial charge in [-0.1, -0.05) is 20.3 Å². The fourth-order valence-corrected chi connectivity index (χ4v) is 2.55. The molecule has 104 valence electrons. The molecule has 1 aliphatic rings. The molecular formula is C13H24N2O3. The zero-order chi connectivity index (χ0) is 13.6. The minimum atomic E-state index is -0.846. The van der Waals surface area contributed by atoms with Crippen LogP contribution in [0.4, 0.5) is 0 Å². The molecule has 2 unspecified atom stereocenters. The van der Waals surface area contributed by atoms with Gasteiger partial charge >= 0.3 is 5.97 Å². The van der Waals surface area contributed by atoms with Crippen molar-refractivity contribution in [1.82, 2.24) is 10.6 Å². The van der Waals surface area contributed by atoms with E-state index in [1.165, 1.54) is 0 Å². The molecule has 0 aromatic heterocycles. The number of hydrogen-bond donors (Lipinski definition) is 3. The van der Waals surface area contributed by atoms with E-state index in [0.717, 1.165) is 32.2 Å². The number of carbonyl (C=O) groups excluding carboxylic acids is 1. The fraction of sp³-hybridized carbons (Fsp3) is 0.846. The monoisotopic (exact) mass is 256 g/mol. The van der Waals surface area contributed by atoms with Gasteiger partial charge in [-0.05, 0) is 32.2 Å². The average Bonchev–Trinajstić information content (AvgIpc) is 2.79. The van der Waals surface area contributed by atoms with Gasteiger partial charge in [0.15, 0.2) is 0 Å². The molecule has 0 aromatic rings. The van der Waals surface area contributed by atoms with E-state index in [0.29, 0.717) is 6.42 Å². The van der Waals surface area contributed by atoms with Gasteiger partial charge in [-0.3, -0.25) is 9.59 Å². The van der Waals surface area contributed by atoms with E-state index in [1.807, 2.05) is 6.92 Å². The van der Waals surface area contributed by atoms with Crippen molar-refractivity contribution in [3.63, 3.8) is 0 Å². The summed E-state index contributed by atoms with van der Waals surface area (Å²) < 4.78 is 0. The minimum absolute atomic E-state index is 0.0402. The Hall–Kier alpha value is -1.10. The van der Waals surface area contributed by atoms with Crippen molar-refractivity contribution in [2.45, 2.75) is 51.5 Å². The number of carboxylic acids is 1. The van der Waals surface area contributed by atoms with Crippen LogP contribution in [0.15, 0.2) is 0 Å². The molecule has 0 spiro atoms. The van der Waals surface area contributed by atoms with Crippen LogP contribution in [-0.4, -0.2) is 35.6 Å². The van der Waals surface area contributed by atoms with Gasteiger partial charge in [0.2, 0.25) is 5.91 Å². The van der Waals surface area contributed by atoms with Gasteiger partial charge in [-0.25, -0.2) is 0 Å². The average molecular weight is 256 g/mol. The Labute approximate surface area is 108 Å². The van der Waals surface area contributed by atoms with Gasteiger partial charge in [0, 0.05) is 6.54 Å². The van der Waals surface area contributed by atoms with Crippen molar-refractivity contribution in [2.24, 2.45) is 5.92 Å². The quantitative estimate of drug-likeness (QED) is 0.638. The molecule has 0 radical (unpaired) electrons. The standard InChI is InChI=1S/C13H24N2O3/c1-3-6-13(7-5-8-15-13)12(18)14-9-10(4-2)11(16)17/h10,15H,3-9H2,1-2H3,(H,14,18)(H,16,17). The number of aliphatic carboxylic acids is 1. The first-order chi connectivity index (χ1) is 8.55. The maximum Gasteiger partial charge on any atom is 0.308 e. The Morgan fingerprint density at radius 3 is 2.61 bits per heavy atom. The molecule has 1 saturated heterocycles. The molecular weight excluding hydrogens is 232 g/mol. The molecule has 5 nitrogen and oxygen atoms in total. The van der Waals surface area contributed by atoms with Crippen LogP contribution in [0.25, 0.3) is 0 Å². The van der Waals surface area contributed by atoms with Gasteiger partial charge in [0.1, 0.15) is 0 Å². The molecule has 1 rings (SSSR count). The molecule has 0 bridgehead atoms. The highest BCUT2D eigenvalue weighted by Crippen LogP contribution is 2.25. The van der Waals surface area contributed by atoms with Crippen LogP contribution in [0.2, 0.25) is 0 Å². The lowest BCUT2D eigenvalue weighted by Crippen LogP contribution is -2.54. The molecule has 3 N–H and O–H groups in total. The Kier molecular flexibility index (Phi) is 5.59. The minimum Gasteiger partial charge on any atom is -0.481 e. The molecule has 0 aromatic carbocycles. The predicted molar refractivity (Wildman–Crippen MR) is 69.3 cm³/mol. The predicted octanol–water partition coefficient (Wildman–Crippen LogP) is 1.14. The third-order valence-electron chi connectivity index (χ3n) is 3.71. The number of rotatable bonds is 7. The zero-order valence-corrected chi connectivity index (χ0v) is 11.3. The summed E-state index contributed by atoms with van der Waals surface area (Å²) in [4.78, 5) is 23.1. The molecule has 1 heterocycles. The lowest BCUT2D eigenvalue weighted by atomic mass is 9.90. The van der Waals surface area contributed by atoms with E-state index >= 15 is 0 Å². The molecule has 0 aliphatic carbocycles. The van der Waals surface area contributed by atoms with Gasteiger partial charge in [0.25, 0.3) is 0 Å². The smallest absolute Gasteiger partial charge is 0.308 e. The highest BCUT2D eigenvalue weighted by atomic mass is 16.4. The second-order valence-electron chi connectivity index (χ2n) is 5.02. The van der Waals surface area contributed by atoms with E-state index in [-0.39, 0.29) is 12.5 Å². The van der Waals surface area contributed by atoms with Gasteiger partial charge < -0.3 is 15.7 Å². The van der Waals surface area contributed by atoms with Crippen LogP contribution in [-0.2, 0) is 9.59 Å². The van der Waals surface area contributed by atoms with E-state index in [4.69, 9.17) is 5.11 Å². The third kappa shape index (κ3) is 3.45. The number of carbonyl (C=O) groups is 2. The second kappa shape index (κ2) is 6.73. The lowest BCUT2D eigenvalue weighted by Gasteiger charge is -2.28. The normalized spacial score (nSPS) is 24.8. The Morgan fingerprint density at radius 1 is 1.44 bits per heavy atom. The molecule has 2 atom stereocenters. The van der Waals surface area contributed by atoms with Gasteiger partial charge in [-0.15, -0.1) is 0 Å². The summed E-state index contributed by atoms with van der Waals surface area (Å²) in [5.41, 5.74) is -0.467. The molecule has 1 fully saturated rings. The number of nitrogens with one attached hydrogen (secondary N) is 2. The fourth-order valence-electron chi connectivity index (χ4n) is 2.55. The molecule has 0 saturated carbocycles. The first-order valence-electron chi connectivity index (χ1n) is 6.82. The summed E-state index contributed by atoms with van der Waals surface area (Å²) in [5.74, 6) is -1.38. The number of hydrogen-bond acceptors (Lipinski definition) is 3. The first-order valence-corrected chi connectivity index (χ1v) is 6.82. The van der Waals surface area contributed by atoms with Crippen LogP contribution < -0.4 is 10.6 Å². The van der Waals surface area contributed by atoms with E-state index in [2.05, 4.69) is 17.6 Å². The van der Waals surface area contributed by atoms with Crippen LogP contribution in [0, 0.1) is 5.92 Å². The largest absolute Gasteiger partial charge is 0.481 e. The van der Waals surface area contributed by atoms with Crippen molar-refractivity contribution in [1.29, 1.82) is 0 Å². The first kappa shape index (κ1) is 15.0. The van der Waals surface area contributed by atoms with Gasteiger partial charge in [-0.2, -0.15) is 0 Å². The molecule has 18 heavy (non-hydrogen) atoms. The van der Waals surface area contributed by atoms with E-state index in [9.17, 15) is 9.59 Å². The van der Waals surface area contributed by atoms with Crippen LogP contribution in [0.5, 0.6) is 0 Å². The van der Waals surface area contributed by atoms with Crippen molar-refractivity contribution in [3.8, 4) is 0 Å².